The van der Waals surface area contributed by atoms with E-state index in [0.717, 1.165) is 36.0 Å². The van der Waals surface area contributed by atoms with Crippen molar-refractivity contribution >= 4 is 52.3 Å². The first kappa shape index (κ1) is 35.4. The van der Waals surface area contributed by atoms with Gasteiger partial charge >= 0.3 is 0 Å². The van der Waals surface area contributed by atoms with Crippen LogP contribution in [0.2, 0.25) is 0 Å². The molecule has 3 aliphatic rings. The first-order chi connectivity index (χ1) is 21.7. The first-order valence-electron chi connectivity index (χ1n) is 16.3. The third-order valence-corrected chi connectivity index (χ3v) is 10.0. The number of fused-ring (bicyclic) bond motifs is 1. The Morgan fingerprint density at radius 1 is 0.913 bits per heavy atom. The van der Waals surface area contributed by atoms with Crippen molar-refractivity contribution in [3.63, 3.8) is 0 Å². The summed E-state index contributed by atoms with van der Waals surface area (Å²) < 4.78 is 11.4. The molecule has 0 aromatic heterocycles. The van der Waals surface area contributed by atoms with Crippen molar-refractivity contribution in [1.82, 2.24) is 10.2 Å². The molecule has 3 N–H and O–H groups in total. The number of nitrogens with zero attached hydrogens (tertiary/aromatic N) is 1. The molecule has 0 bridgehead atoms. The van der Waals surface area contributed by atoms with Crippen LogP contribution in [0, 0.1) is 11.8 Å². The molecule has 1 aliphatic carbocycles. The minimum atomic E-state index is -2.08. The summed E-state index contributed by atoms with van der Waals surface area (Å²) in [6.45, 7) is 8.79. The van der Waals surface area contributed by atoms with E-state index in [1.807, 2.05) is 57.2 Å². The lowest BCUT2D eigenvalue weighted by molar-refractivity contribution is -0.278. The average molecular weight is 695 g/mol. The van der Waals surface area contributed by atoms with E-state index >= 15 is 0 Å². The molecule has 2 aromatic rings. The van der Waals surface area contributed by atoms with E-state index in [-0.39, 0.29) is 42.2 Å². The van der Waals surface area contributed by atoms with Crippen LogP contribution in [0.4, 0.5) is 5.69 Å². The number of rotatable bonds is 7. The van der Waals surface area contributed by atoms with E-state index in [0.29, 0.717) is 24.2 Å². The number of likely N-dealkylation sites (tertiary alicyclic amines) is 1. The number of aliphatic hydroxyl groups excluding tert-OH is 1. The highest BCUT2D eigenvalue weighted by Crippen LogP contribution is 2.44. The van der Waals surface area contributed by atoms with Crippen LogP contribution in [-0.4, -0.2) is 55.9 Å². The molecule has 2 aromatic carbocycles. The zero-order valence-corrected chi connectivity index (χ0v) is 29.2. The van der Waals surface area contributed by atoms with Gasteiger partial charge in [0.05, 0.1) is 24.9 Å². The van der Waals surface area contributed by atoms with E-state index in [9.17, 15) is 14.7 Å². The maximum absolute atomic E-state index is 13.7. The monoisotopic (exact) mass is 693 g/mol. The number of hydrogen-bond acceptors (Lipinski definition) is 6. The van der Waals surface area contributed by atoms with Crippen molar-refractivity contribution < 1.29 is 24.2 Å². The summed E-state index contributed by atoms with van der Waals surface area (Å²) in [6, 6.07) is 15.0. The van der Waals surface area contributed by atoms with Crippen molar-refractivity contribution in [3.05, 3.63) is 65.2 Å². The number of hydrogen-bond donors (Lipinski definition) is 3. The Bertz CT molecular complexity index is 1350. The van der Waals surface area contributed by atoms with Crippen LogP contribution in [0.5, 0.6) is 0 Å². The number of aliphatic hydroxyl groups is 1. The summed E-state index contributed by atoms with van der Waals surface area (Å²) in [4.78, 5) is 28.4. The molecule has 2 saturated heterocycles. The fraction of sp³-hybridized carbons (Fsp3) is 0.600. The summed E-state index contributed by atoms with van der Waals surface area (Å²) in [5.41, 5.74) is 2.74. The maximum Gasteiger partial charge on any atom is 0.276 e. The smallest absolute Gasteiger partial charge is 0.276 e. The van der Waals surface area contributed by atoms with E-state index in [1.165, 1.54) is 19.3 Å². The molecular weight excluding hydrogens is 649 g/mol. The second-order valence-electron chi connectivity index (χ2n) is 14.0. The third-order valence-electron chi connectivity index (χ3n) is 9.52. The molecule has 252 valence electrons. The molecule has 3 fully saturated rings. The standard InChI is InChI=1S/C35H46Cl3N3O5/c1-21-29(19-41-27-8-6-5-7-23(27)15-18-28(41)31(43)40-34(2,3)4)45-32(46-30(21)24-11-9-22(20-42)10-12-24)25-13-16-26(17-14-25)39-33(44)35(36,37)38/h9-14,16-17,21,23,27-30,32,42H,5-8,15,18-20H2,1-4H3,(H,39,44)(H,40,43)/t21-,23-,27-,28-,29+,30+,32+/m1/s1. The number of nitrogens with one attached hydrogen (secondary N) is 2. The summed E-state index contributed by atoms with van der Waals surface area (Å²) >= 11 is 17.2. The third kappa shape index (κ3) is 8.56. The maximum atomic E-state index is 13.7. The van der Waals surface area contributed by atoms with Gasteiger partial charge < -0.3 is 25.2 Å². The van der Waals surface area contributed by atoms with Gasteiger partial charge in [0.1, 0.15) is 0 Å². The van der Waals surface area contributed by atoms with Gasteiger partial charge in [0, 0.05) is 35.3 Å². The molecule has 1 saturated carbocycles. The lowest BCUT2D eigenvalue weighted by Crippen LogP contribution is -2.61. The second kappa shape index (κ2) is 14.7. The molecule has 0 spiro atoms. The number of alkyl halides is 3. The van der Waals surface area contributed by atoms with Crippen LogP contribution >= 0.6 is 34.8 Å². The number of benzene rings is 2. The largest absolute Gasteiger partial charge is 0.392 e. The SMILES string of the molecule is C[C@@H]1[C@H](CN2[C@@H](C(=O)NC(C)(C)C)CC[C@H]3CCCC[C@H]32)O[C@H](c2ccc(NC(=O)C(Cl)(Cl)Cl)cc2)O[C@@H]1c1ccc(CO)cc1. The molecule has 46 heavy (non-hydrogen) atoms. The molecule has 5 rings (SSSR count). The number of piperidine rings is 1. The summed E-state index contributed by atoms with van der Waals surface area (Å²) in [7, 11) is 0. The molecule has 0 radical (unpaired) electrons. The van der Waals surface area contributed by atoms with Gasteiger partial charge in [0.25, 0.3) is 9.70 Å². The number of carbonyl (C=O) groups is 2. The van der Waals surface area contributed by atoms with E-state index < -0.39 is 16.0 Å². The van der Waals surface area contributed by atoms with Crippen molar-refractivity contribution in [3.8, 4) is 0 Å². The van der Waals surface area contributed by atoms with Gasteiger partial charge in [0.15, 0.2) is 6.29 Å². The number of carbonyl (C=O) groups excluding carboxylic acids is 2. The predicted molar refractivity (Wildman–Crippen MR) is 182 cm³/mol. The van der Waals surface area contributed by atoms with Gasteiger partial charge in [-0.1, -0.05) is 91.0 Å². The van der Waals surface area contributed by atoms with Gasteiger partial charge in [0.2, 0.25) is 5.91 Å². The first-order valence-corrected chi connectivity index (χ1v) is 17.4. The van der Waals surface area contributed by atoms with Crippen LogP contribution in [-0.2, 0) is 25.7 Å². The van der Waals surface area contributed by atoms with Crippen molar-refractivity contribution in [2.75, 3.05) is 11.9 Å². The average Bonchev–Trinajstić information content (AvgIpc) is 3.01. The summed E-state index contributed by atoms with van der Waals surface area (Å²) in [5, 5.41) is 15.5. The predicted octanol–water partition coefficient (Wildman–Crippen LogP) is 7.22. The minimum absolute atomic E-state index is 0.0330. The molecular formula is C35H46Cl3N3O5. The molecule has 8 nitrogen and oxygen atoms in total. The van der Waals surface area contributed by atoms with Gasteiger partial charge in [-0.3, -0.25) is 14.5 Å². The van der Waals surface area contributed by atoms with Gasteiger partial charge in [-0.15, -0.1) is 0 Å². The highest BCUT2D eigenvalue weighted by molar-refractivity contribution is 6.76. The van der Waals surface area contributed by atoms with Crippen LogP contribution in [0.1, 0.15) is 95.3 Å². The van der Waals surface area contributed by atoms with E-state index in [4.69, 9.17) is 44.3 Å². The highest BCUT2D eigenvalue weighted by atomic mass is 35.6. The Labute approximate surface area is 287 Å². The van der Waals surface area contributed by atoms with Gasteiger partial charge in [-0.05, 0) is 75.6 Å². The Kier molecular flexibility index (Phi) is 11.3. The molecule has 7 atom stereocenters. The molecule has 0 unspecified atom stereocenters. The molecule has 2 aliphatic heterocycles. The van der Waals surface area contributed by atoms with Crippen molar-refractivity contribution in [2.24, 2.45) is 11.8 Å². The Morgan fingerprint density at radius 3 is 2.20 bits per heavy atom. The zero-order chi connectivity index (χ0) is 33.2. The minimum Gasteiger partial charge on any atom is -0.392 e. The van der Waals surface area contributed by atoms with Gasteiger partial charge in [-0.2, -0.15) is 0 Å². The lowest BCUT2D eigenvalue weighted by Gasteiger charge is -2.51. The summed E-state index contributed by atoms with van der Waals surface area (Å²) in [5.74, 6) is -0.121. The lowest BCUT2D eigenvalue weighted by atomic mass is 9.75. The number of anilines is 1. The van der Waals surface area contributed by atoms with Crippen LogP contribution in [0.15, 0.2) is 48.5 Å². The van der Waals surface area contributed by atoms with E-state index in [2.05, 4.69) is 22.5 Å². The molecule has 2 heterocycles. The summed E-state index contributed by atoms with van der Waals surface area (Å²) in [6.07, 6.45) is 5.35. The van der Waals surface area contributed by atoms with E-state index in [1.54, 1.807) is 12.1 Å². The number of amides is 2. The fourth-order valence-corrected chi connectivity index (χ4v) is 7.33. The zero-order valence-electron chi connectivity index (χ0n) is 27.0. The molecule has 11 heteroatoms. The van der Waals surface area contributed by atoms with Crippen LogP contribution in [0.3, 0.4) is 0 Å². The highest BCUT2D eigenvalue weighted by Gasteiger charge is 2.46. The fourth-order valence-electron chi connectivity index (χ4n) is 7.19. The quantitative estimate of drug-likeness (QED) is 0.265. The normalized spacial score (nSPS) is 29.1. The number of ether oxygens (including phenoxy) is 2. The topological polar surface area (TPSA) is 100 Å². The molecule has 2 amide bonds. The van der Waals surface area contributed by atoms with Crippen LogP contribution < -0.4 is 10.6 Å². The van der Waals surface area contributed by atoms with Crippen molar-refractivity contribution in [1.29, 1.82) is 0 Å². The van der Waals surface area contributed by atoms with Gasteiger partial charge in [-0.25, -0.2) is 0 Å². The Hall–Kier alpha value is -1.91. The van der Waals surface area contributed by atoms with Crippen molar-refractivity contribution in [2.45, 2.75) is 113 Å². The Balaban J connectivity index is 1.44. The Morgan fingerprint density at radius 2 is 1.57 bits per heavy atom. The number of halogens is 3. The van der Waals surface area contributed by atoms with Crippen LogP contribution in [0.25, 0.3) is 0 Å². The second-order valence-corrected chi connectivity index (χ2v) is 16.3.